The van der Waals surface area contributed by atoms with Crippen LogP contribution in [-0.4, -0.2) is 63.9 Å². The number of morpholine rings is 1. The lowest BCUT2D eigenvalue weighted by atomic mass is 10.1. The molecule has 14 heteroatoms. The number of nitro benzene ring substituents is 1. The van der Waals surface area contributed by atoms with Gasteiger partial charge in [-0.2, -0.15) is 9.78 Å². The molecule has 12 nitrogen and oxygen atoms in total. The Kier molecular flexibility index (Phi) is 8.78. The van der Waals surface area contributed by atoms with E-state index in [9.17, 15) is 10.1 Å². The summed E-state index contributed by atoms with van der Waals surface area (Å²) in [6, 6.07) is 13.3. The Hall–Kier alpha value is -4.04. The van der Waals surface area contributed by atoms with Gasteiger partial charge in [0.1, 0.15) is 29.6 Å². The summed E-state index contributed by atoms with van der Waals surface area (Å²) in [5, 5.41) is 21.5. The molecule has 0 saturated carbocycles. The maximum atomic E-state index is 11.6. The van der Waals surface area contributed by atoms with Crippen LogP contribution in [0.3, 0.4) is 0 Å². The van der Waals surface area contributed by atoms with Crippen molar-refractivity contribution in [2.45, 2.75) is 20.2 Å². The van der Waals surface area contributed by atoms with Gasteiger partial charge in [0.15, 0.2) is 5.82 Å². The van der Waals surface area contributed by atoms with Gasteiger partial charge < -0.3 is 18.6 Å². The van der Waals surface area contributed by atoms with E-state index in [1.165, 1.54) is 24.1 Å². The summed E-state index contributed by atoms with van der Waals surface area (Å²) in [5.74, 6) is 2.17. The fourth-order valence-corrected chi connectivity index (χ4v) is 4.58. The first-order valence-electron chi connectivity index (χ1n) is 12.7. The summed E-state index contributed by atoms with van der Waals surface area (Å²) in [5.41, 5.74) is 1.07. The summed E-state index contributed by atoms with van der Waals surface area (Å²) in [7, 11) is 1.45. The minimum atomic E-state index is -0.481. The Morgan fingerprint density at radius 2 is 1.95 bits per heavy atom. The van der Waals surface area contributed by atoms with E-state index in [4.69, 9.17) is 42.4 Å². The Labute approximate surface area is 245 Å². The molecule has 0 bridgehead atoms. The first-order valence-corrected chi connectivity index (χ1v) is 13.5. The molecule has 214 valence electrons. The Balaban J connectivity index is 1.42. The van der Waals surface area contributed by atoms with E-state index in [1.54, 1.807) is 41.1 Å². The normalized spacial score (nSPS) is 14.0. The van der Waals surface area contributed by atoms with E-state index in [1.807, 2.05) is 13.0 Å². The average Bonchev–Trinajstić information content (AvgIpc) is 3.56. The lowest BCUT2D eigenvalue weighted by Crippen LogP contribution is -2.37. The fourth-order valence-electron chi connectivity index (χ4n) is 4.21. The number of nitrogens with zero attached hydrogens (tertiary/aromatic N) is 6. The van der Waals surface area contributed by atoms with Crippen molar-refractivity contribution in [2.75, 3.05) is 33.4 Å². The Morgan fingerprint density at radius 1 is 1.17 bits per heavy atom. The third-order valence-electron chi connectivity index (χ3n) is 6.41. The van der Waals surface area contributed by atoms with Crippen LogP contribution in [0.2, 0.25) is 5.02 Å². The number of rotatable bonds is 10. The highest BCUT2D eigenvalue weighted by Gasteiger charge is 2.20. The number of aryl methyl sites for hydroxylation is 1. The number of nitro groups is 1. The van der Waals surface area contributed by atoms with Crippen molar-refractivity contribution in [1.29, 1.82) is 0 Å². The molecule has 0 amide bonds. The zero-order valence-corrected chi connectivity index (χ0v) is 23.9. The number of hydrogen-bond acceptors (Lipinski definition) is 10. The average molecular weight is 599 g/mol. The van der Waals surface area contributed by atoms with Crippen LogP contribution in [0.1, 0.15) is 17.1 Å². The number of furan rings is 1. The zero-order chi connectivity index (χ0) is 28.9. The first kappa shape index (κ1) is 28.5. The molecule has 1 fully saturated rings. The molecule has 1 aliphatic rings. The van der Waals surface area contributed by atoms with Gasteiger partial charge in [-0.15, -0.1) is 5.10 Å². The standard InChI is InChI=1S/C27H27ClN6O6S/c1-18-13-20(4-7-23(18)28)39-16-26-30-32(17-31-9-11-38-12-10-31)27(41)33(26)29-15-21-5-8-25(40-21)22-6-3-19(37-2)14-24(22)34(35)36/h3-8,13-15H,9-12,16-17H2,1-2H3/b29-15+. The minimum Gasteiger partial charge on any atom is -0.497 e. The van der Waals surface area contributed by atoms with Gasteiger partial charge in [-0.3, -0.25) is 15.0 Å². The summed E-state index contributed by atoms with van der Waals surface area (Å²) >= 11 is 11.9. The van der Waals surface area contributed by atoms with Crippen LogP contribution in [0.15, 0.2) is 58.0 Å². The Bertz CT molecular complexity index is 1640. The van der Waals surface area contributed by atoms with Crippen LogP contribution >= 0.6 is 23.8 Å². The van der Waals surface area contributed by atoms with Gasteiger partial charge in [0.25, 0.3) is 5.69 Å². The molecule has 2 aromatic carbocycles. The molecule has 0 radical (unpaired) electrons. The maximum absolute atomic E-state index is 11.6. The molecule has 1 saturated heterocycles. The molecule has 0 spiro atoms. The van der Waals surface area contributed by atoms with Gasteiger partial charge >= 0.3 is 0 Å². The van der Waals surface area contributed by atoms with E-state index >= 15 is 0 Å². The Morgan fingerprint density at radius 3 is 2.68 bits per heavy atom. The van der Waals surface area contributed by atoms with Crippen molar-refractivity contribution in [3.05, 3.63) is 85.6 Å². The molecule has 0 aliphatic carbocycles. The predicted molar refractivity (Wildman–Crippen MR) is 154 cm³/mol. The fraction of sp³-hybridized carbons (Fsp3) is 0.296. The topological polar surface area (TPSA) is 122 Å². The molecule has 41 heavy (non-hydrogen) atoms. The molecular formula is C27H27ClN6O6S. The van der Waals surface area contributed by atoms with E-state index in [0.29, 0.717) is 64.1 Å². The third kappa shape index (κ3) is 6.65. The van der Waals surface area contributed by atoms with Crippen LogP contribution in [0.4, 0.5) is 5.69 Å². The van der Waals surface area contributed by atoms with Crippen molar-refractivity contribution >= 4 is 35.7 Å². The van der Waals surface area contributed by atoms with Crippen LogP contribution in [0, 0.1) is 21.8 Å². The zero-order valence-electron chi connectivity index (χ0n) is 22.4. The highest BCUT2D eigenvalue weighted by atomic mass is 35.5. The number of methoxy groups -OCH3 is 1. The number of benzene rings is 2. The van der Waals surface area contributed by atoms with E-state index in [2.05, 4.69) is 15.1 Å². The number of ether oxygens (including phenoxy) is 3. The minimum absolute atomic E-state index is 0.0968. The number of hydrogen-bond donors (Lipinski definition) is 0. The monoisotopic (exact) mass is 598 g/mol. The summed E-state index contributed by atoms with van der Waals surface area (Å²) in [6.45, 7) is 5.29. The molecule has 1 aliphatic heterocycles. The predicted octanol–water partition coefficient (Wildman–Crippen LogP) is 5.30. The molecule has 0 atom stereocenters. The summed E-state index contributed by atoms with van der Waals surface area (Å²) < 4.78 is 26.0. The van der Waals surface area contributed by atoms with Gasteiger partial charge in [-0.05, 0) is 67.2 Å². The van der Waals surface area contributed by atoms with Gasteiger partial charge in [-0.1, -0.05) is 11.6 Å². The van der Waals surface area contributed by atoms with Gasteiger partial charge in [0.05, 0.1) is 49.8 Å². The van der Waals surface area contributed by atoms with E-state index in [-0.39, 0.29) is 12.3 Å². The lowest BCUT2D eigenvalue weighted by Gasteiger charge is -2.25. The summed E-state index contributed by atoms with van der Waals surface area (Å²) in [4.78, 5) is 13.3. The van der Waals surface area contributed by atoms with Crippen LogP contribution in [0.5, 0.6) is 11.5 Å². The highest BCUT2D eigenvalue weighted by molar-refractivity contribution is 7.71. The van der Waals surface area contributed by atoms with Crippen molar-refractivity contribution in [3.63, 3.8) is 0 Å². The third-order valence-corrected chi connectivity index (χ3v) is 7.22. The summed E-state index contributed by atoms with van der Waals surface area (Å²) in [6.07, 6.45) is 1.48. The molecule has 4 aromatic rings. The van der Waals surface area contributed by atoms with Crippen LogP contribution in [0.25, 0.3) is 11.3 Å². The van der Waals surface area contributed by atoms with Crippen molar-refractivity contribution in [2.24, 2.45) is 5.10 Å². The number of aromatic nitrogens is 3. The molecule has 5 rings (SSSR count). The van der Waals surface area contributed by atoms with Crippen LogP contribution in [-0.2, 0) is 18.0 Å². The van der Waals surface area contributed by atoms with E-state index < -0.39 is 4.92 Å². The first-order chi connectivity index (χ1) is 19.8. The van der Waals surface area contributed by atoms with Gasteiger partial charge in [-0.25, -0.2) is 4.68 Å². The van der Waals surface area contributed by atoms with Gasteiger partial charge in [0.2, 0.25) is 4.77 Å². The molecule has 0 unspecified atom stereocenters. The van der Waals surface area contributed by atoms with Crippen molar-refractivity contribution in [1.82, 2.24) is 19.4 Å². The number of halogens is 1. The second kappa shape index (κ2) is 12.6. The smallest absolute Gasteiger partial charge is 0.284 e. The van der Waals surface area contributed by atoms with Crippen LogP contribution < -0.4 is 9.47 Å². The molecular weight excluding hydrogens is 572 g/mol. The van der Waals surface area contributed by atoms with E-state index in [0.717, 1.165) is 18.7 Å². The SMILES string of the molecule is COc1ccc(-c2ccc(/C=N/n3c(COc4ccc(Cl)c(C)c4)nn(CN4CCOCC4)c3=S)o2)c([N+](=O)[O-])c1. The highest BCUT2D eigenvalue weighted by Crippen LogP contribution is 2.34. The van der Waals surface area contributed by atoms with Crippen molar-refractivity contribution < 1.29 is 23.6 Å². The lowest BCUT2D eigenvalue weighted by molar-refractivity contribution is -0.384. The quantitative estimate of drug-likeness (QED) is 0.103. The van der Waals surface area contributed by atoms with Crippen molar-refractivity contribution in [3.8, 4) is 22.8 Å². The molecule has 3 heterocycles. The maximum Gasteiger partial charge on any atom is 0.284 e. The second-order valence-corrected chi connectivity index (χ2v) is 9.94. The largest absolute Gasteiger partial charge is 0.497 e. The molecule has 2 aromatic heterocycles. The molecule has 0 N–H and O–H groups in total. The van der Waals surface area contributed by atoms with Gasteiger partial charge in [0, 0.05) is 18.1 Å². The second-order valence-electron chi connectivity index (χ2n) is 9.17.